The van der Waals surface area contributed by atoms with Crippen LogP contribution in [-0.2, 0) is 9.53 Å². The van der Waals surface area contributed by atoms with Gasteiger partial charge in [-0.15, -0.1) is 0 Å². The van der Waals surface area contributed by atoms with Gasteiger partial charge in [0.1, 0.15) is 11.9 Å². The van der Waals surface area contributed by atoms with Gasteiger partial charge in [0.25, 0.3) is 5.91 Å². The molecule has 40 heavy (non-hydrogen) atoms. The summed E-state index contributed by atoms with van der Waals surface area (Å²) in [5.74, 6) is 4.85. The van der Waals surface area contributed by atoms with Crippen molar-refractivity contribution in [3.63, 3.8) is 0 Å². The first kappa shape index (κ1) is 32.3. The van der Waals surface area contributed by atoms with Crippen LogP contribution in [0.1, 0.15) is 33.3 Å². The Kier molecular flexibility index (Phi) is 13.1. The average Bonchev–Trinajstić information content (AvgIpc) is 2.92. The number of pyridine rings is 1. The van der Waals surface area contributed by atoms with E-state index in [0.29, 0.717) is 52.6 Å². The van der Waals surface area contributed by atoms with Crippen molar-refractivity contribution < 1.29 is 18.7 Å². The van der Waals surface area contributed by atoms with Crippen LogP contribution >= 0.6 is 23.2 Å². The van der Waals surface area contributed by atoms with Crippen molar-refractivity contribution in [1.29, 1.82) is 5.26 Å². The number of amides is 1. The molecule has 0 saturated carbocycles. The summed E-state index contributed by atoms with van der Waals surface area (Å²) in [6.07, 6.45) is 1.45. The lowest BCUT2D eigenvalue weighted by Crippen LogP contribution is -2.23. The minimum Gasteiger partial charge on any atom is -0.453 e. The number of ether oxygens (including phenoxy) is 1. The number of nitrogens with zero attached hydrogens (tertiary/aromatic N) is 3. The molecule has 2 aromatic carbocycles. The number of hydrogen-bond donors (Lipinski definition) is 2. The maximum absolute atomic E-state index is 13.5. The number of carbonyl (C=O) groups is 2. The zero-order valence-corrected chi connectivity index (χ0v) is 24.2. The third-order valence-electron chi connectivity index (χ3n) is 5.36. The third-order valence-corrected chi connectivity index (χ3v) is 5.76. The van der Waals surface area contributed by atoms with E-state index in [4.69, 9.17) is 23.2 Å². The largest absolute Gasteiger partial charge is 0.453 e. The minimum atomic E-state index is -0.723. The number of hydrogen-bond acceptors (Lipinski definition) is 7. The van der Waals surface area contributed by atoms with Gasteiger partial charge in [-0.3, -0.25) is 14.7 Å². The summed E-state index contributed by atoms with van der Waals surface area (Å²) in [5.41, 5.74) is 1.68. The molecule has 1 heterocycles. The first-order chi connectivity index (χ1) is 19.1. The number of benzene rings is 2. The molecule has 2 N–H and O–H groups in total. The minimum absolute atomic E-state index is 0.0388. The first-order valence-corrected chi connectivity index (χ1v) is 13.2. The summed E-state index contributed by atoms with van der Waals surface area (Å²) in [5, 5.41) is 16.0. The Morgan fingerprint density at radius 2 is 1.85 bits per heavy atom. The third kappa shape index (κ3) is 10.3. The fourth-order valence-electron chi connectivity index (χ4n) is 3.28. The molecule has 0 spiro atoms. The molecule has 0 saturated heterocycles. The van der Waals surface area contributed by atoms with E-state index in [2.05, 4.69) is 43.2 Å². The lowest BCUT2D eigenvalue weighted by molar-refractivity contribution is -0.111. The van der Waals surface area contributed by atoms with Gasteiger partial charge in [-0.25, -0.2) is 9.18 Å². The molecule has 8 nitrogen and oxygen atoms in total. The molecular weight excluding hydrogens is 556 g/mol. The number of nitrogens with one attached hydrogen (secondary N) is 2. The number of rotatable bonds is 8. The molecule has 3 rings (SSSR count). The van der Waals surface area contributed by atoms with Gasteiger partial charge in [0.15, 0.2) is 0 Å². The van der Waals surface area contributed by atoms with Crippen molar-refractivity contribution in [1.82, 2.24) is 9.88 Å². The summed E-state index contributed by atoms with van der Waals surface area (Å²) in [7, 11) is 0. The molecule has 1 aromatic heterocycles. The van der Waals surface area contributed by atoms with Crippen LogP contribution in [0.3, 0.4) is 0 Å². The second-order valence-electron chi connectivity index (χ2n) is 8.80. The highest BCUT2D eigenvalue weighted by molar-refractivity contribution is 6.61. The van der Waals surface area contributed by atoms with Gasteiger partial charge >= 0.3 is 5.43 Å². The number of nitriles is 1. The van der Waals surface area contributed by atoms with Crippen LogP contribution in [0.15, 0.2) is 42.6 Å². The highest BCUT2D eigenvalue weighted by Crippen LogP contribution is 2.32. The van der Waals surface area contributed by atoms with E-state index in [1.54, 1.807) is 18.2 Å². The maximum atomic E-state index is 13.5. The van der Waals surface area contributed by atoms with Gasteiger partial charge in [-0.2, -0.15) is 5.26 Å². The van der Waals surface area contributed by atoms with Crippen molar-refractivity contribution in [2.45, 2.75) is 27.7 Å². The molecule has 0 bridgehead atoms. The van der Waals surface area contributed by atoms with E-state index < -0.39 is 17.2 Å². The summed E-state index contributed by atoms with van der Waals surface area (Å²) < 4.78 is 17.9. The van der Waals surface area contributed by atoms with Crippen LogP contribution in [0, 0.1) is 34.9 Å². The number of aromatic nitrogens is 1. The first-order valence-electron chi connectivity index (χ1n) is 12.5. The molecule has 0 fully saturated rings. The Labute approximate surface area is 243 Å². The maximum Gasteiger partial charge on any atom is 0.403 e. The predicted octanol–water partition coefficient (Wildman–Crippen LogP) is 6.94. The van der Waals surface area contributed by atoms with Crippen LogP contribution in [0.25, 0.3) is 10.9 Å². The van der Waals surface area contributed by atoms with Crippen molar-refractivity contribution in [2.75, 3.05) is 36.9 Å². The lowest BCUT2D eigenvalue weighted by Gasteiger charge is -2.13. The Morgan fingerprint density at radius 3 is 2.42 bits per heavy atom. The van der Waals surface area contributed by atoms with Gasteiger partial charge in [0.05, 0.1) is 34.9 Å². The highest BCUT2D eigenvalue weighted by atomic mass is 35.5. The van der Waals surface area contributed by atoms with Crippen LogP contribution < -0.4 is 10.6 Å². The highest BCUT2D eigenvalue weighted by Gasteiger charge is 2.12. The molecular formula is C29H30Cl2FN5O3. The Hall–Kier alpha value is -3.89. The van der Waals surface area contributed by atoms with E-state index in [-0.39, 0.29) is 5.02 Å². The van der Waals surface area contributed by atoms with E-state index in [1.807, 2.05) is 27.7 Å². The Balaban J connectivity index is 0.000000611. The van der Waals surface area contributed by atoms with Gasteiger partial charge in [-0.05, 0) is 61.3 Å². The lowest BCUT2D eigenvalue weighted by atomic mass is 10.1. The van der Waals surface area contributed by atoms with Crippen molar-refractivity contribution in [3.8, 4) is 17.9 Å². The summed E-state index contributed by atoms with van der Waals surface area (Å²) in [6, 6.07) is 11.4. The molecule has 0 aliphatic carbocycles. The fourth-order valence-corrected chi connectivity index (χ4v) is 3.52. The number of carbonyl (C=O) groups excluding carboxylic acids is 2. The smallest absolute Gasteiger partial charge is 0.403 e. The van der Waals surface area contributed by atoms with Crippen LogP contribution in [0.5, 0.6) is 0 Å². The fraction of sp³-hybridized carbons (Fsp3) is 0.310. The second kappa shape index (κ2) is 16.3. The summed E-state index contributed by atoms with van der Waals surface area (Å²) in [6.45, 7) is 10.6. The molecule has 0 unspecified atom stereocenters. The zero-order valence-electron chi connectivity index (χ0n) is 22.6. The SMILES string of the molecule is CC(C)COC(=O)Cl.CCN(CC)CC#CC(=O)Nc1ccc2ncc(C#N)c(Nc3ccc(F)c(Cl)c3)c2c1. The molecule has 11 heteroatoms. The molecule has 3 aromatic rings. The molecule has 0 aliphatic rings. The molecule has 210 valence electrons. The number of fused-ring (bicyclic) bond motifs is 1. The molecule has 0 radical (unpaired) electrons. The Bertz CT molecular complexity index is 1440. The quantitative estimate of drug-likeness (QED) is 0.217. The number of halogens is 3. The topological polar surface area (TPSA) is 107 Å². The van der Waals surface area contributed by atoms with E-state index in [0.717, 1.165) is 13.1 Å². The summed E-state index contributed by atoms with van der Waals surface area (Å²) >= 11 is 10.7. The number of anilines is 3. The van der Waals surface area contributed by atoms with Crippen molar-refractivity contribution in [3.05, 3.63) is 59.0 Å². The van der Waals surface area contributed by atoms with Gasteiger partial charge in [-0.1, -0.05) is 45.2 Å². The zero-order chi connectivity index (χ0) is 29.7. The van der Waals surface area contributed by atoms with E-state index in [1.165, 1.54) is 24.4 Å². The Morgan fingerprint density at radius 1 is 1.15 bits per heavy atom. The van der Waals surface area contributed by atoms with Crippen LogP contribution in [0.2, 0.25) is 5.02 Å². The molecule has 0 atom stereocenters. The average molecular weight is 586 g/mol. The van der Waals surface area contributed by atoms with Gasteiger partial charge < -0.3 is 15.4 Å². The van der Waals surface area contributed by atoms with E-state index in [9.17, 15) is 19.2 Å². The second-order valence-corrected chi connectivity index (χ2v) is 9.52. The van der Waals surface area contributed by atoms with Gasteiger partial charge in [0, 0.05) is 34.6 Å². The predicted molar refractivity (Wildman–Crippen MR) is 157 cm³/mol. The molecule has 1 amide bonds. The van der Waals surface area contributed by atoms with Crippen molar-refractivity contribution >= 4 is 62.5 Å². The van der Waals surface area contributed by atoms with Gasteiger partial charge in [0.2, 0.25) is 0 Å². The van der Waals surface area contributed by atoms with Crippen LogP contribution in [0.4, 0.5) is 26.2 Å². The normalized spacial score (nSPS) is 10.2. The monoisotopic (exact) mass is 585 g/mol. The van der Waals surface area contributed by atoms with Crippen molar-refractivity contribution in [2.24, 2.45) is 5.92 Å². The molecule has 0 aliphatic heterocycles. The summed E-state index contributed by atoms with van der Waals surface area (Å²) in [4.78, 5) is 28.5. The van der Waals surface area contributed by atoms with Crippen LogP contribution in [-0.4, -0.2) is 47.5 Å². The standard InChI is InChI=1S/C24H21ClFN5O.C5H9ClO2/c1-3-31(4-2)11-5-6-23(32)29-17-8-10-22-19(12-17)24(16(14-27)15-28-22)30-18-7-9-21(26)20(25)13-18;1-4(2)3-8-5(6)7/h7-10,12-13,15H,3-4,11H2,1-2H3,(H,28,30)(H,29,32);4H,3H2,1-2H3. The van der Waals surface area contributed by atoms with E-state index >= 15 is 0 Å².